The fourth-order valence-electron chi connectivity index (χ4n) is 4.97. The van der Waals surface area contributed by atoms with E-state index in [0.29, 0.717) is 17.9 Å². The zero-order chi connectivity index (χ0) is 21.7. The van der Waals surface area contributed by atoms with Gasteiger partial charge in [0.15, 0.2) is 11.6 Å². The number of hydrogen-bond donors (Lipinski definition) is 0. The molecule has 0 saturated heterocycles. The van der Waals surface area contributed by atoms with Crippen molar-refractivity contribution in [3.8, 4) is 17.6 Å². The van der Waals surface area contributed by atoms with Crippen molar-refractivity contribution in [1.82, 2.24) is 38.9 Å². The van der Waals surface area contributed by atoms with Gasteiger partial charge in [-0.25, -0.2) is 9.97 Å². The van der Waals surface area contributed by atoms with Gasteiger partial charge in [0.05, 0.1) is 12.2 Å². The maximum atomic E-state index is 12.4. The van der Waals surface area contributed by atoms with E-state index in [1.165, 1.54) is 23.5 Å². The molecule has 1 atom stereocenters. The average Bonchev–Trinajstić information content (AvgIpc) is 3.59. The van der Waals surface area contributed by atoms with E-state index in [1.54, 1.807) is 41.6 Å². The minimum absolute atomic E-state index is 0.106. The minimum Gasteiger partial charge on any atom is -0.341 e. The summed E-state index contributed by atoms with van der Waals surface area (Å²) in [6, 6.07) is 5.53. The summed E-state index contributed by atoms with van der Waals surface area (Å²) < 4.78 is 5.23. The number of pyridine rings is 1. The van der Waals surface area contributed by atoms with Crippen LogP contribution < -0.4 is 10.5 Å². The molecule has 0 aromatic carbocycles. The van der Waals surface area contributed by atoms with Crippen LogP contribution >= 0.6 is 0 Å². The molecule has 5 heterocycles. The third-order valence-corrected chi connectivity index (χ3v) is 6.43. The van der Waals surface area contributed by atoms with E-state index in [1.807, 2.05) is 10.8 Å². The molecule has 10 heteroatoms. The smallest absolute Gasteiger partial charge is 0.257 e. The van der Waals surface area contributed by atoms with Crippen LogP contribution in [-0.2, 0) is 0 Å². The molecule has 1 fully saturated rings. The Balaban J connectivity index is 1.53. The fraction of sp³-hybridized carbons (Fsp3) is 0.364. The van der Waals surface area contributed by atoms with Crippen LogP contribution in [-0.4, -0.2) is 44.9 Å². The monoisotopic (exact) mass is 429 g/mol. The third-order valence-electron chi connectivity index (χ3n) is 6.43. The zero-order valence-corrected chi connectivity index (χ0v) is 17.7. The Hall–Kier alpha value is -3.82. The van der Waals surface area contributed by atoms with Gasteiger partial charge in [0, 0.05) is 30.7 Å². The molecule has 2 aliphatic rings. The van der Waals surface area contributed by atoms with Crippen LogP contribution in [0.15, 0.2) is 54.1 Å². The number of nitrogens with zero attached hydrogens (tertiary/aromatic N) is 9. The lowest BCUT2D eigenvalue weighted by atomic mass is 10.0. The molecule has 1 aliphatic carbocycles. The second kappa shape index (κ2) is 7.40. The molecule has 10 nitrogen and oxygen atoms in total. The zero-order valence-electron chi connectivity index (χ0n) is 17.7. The molecule has 1 aliphatic heterocycles. The number of hydrogen-bond acceptors (Lipinski definition) is 7. The standard InChI is InChI=1S/C22H23N9O/c1-2-16-20-27-25-14-30(20)17-13-24-21(26-19(17)31(16)15-7-3-4-8-15)29-12-10-23-22(29)28-11-6-5-9-18(28)32/h5-6,9-16H,2-4,7-8H2,1H3. The lowest BCUT2D eigenvalue weighted by Gasteiger charge is -2.40. The Morgan fingerprint density at radius 1 is 1.06 bits per heavy atom. The molecule has 4 aromatic heterocycles. The second-order valence-corrected chi connectivity index (χ2v) is 8.21. The normalized spacial score (nSPS) is 18.0. The highest BCUT2D eigenvalue weighted by Crippen LogP contribution is 2.42. The van der Waals surface area contributed by atoms with Crippen LogP contribution in [0.3, 0.4) is 0 Å². The maximum Gasteiger partial charge on any atom is 0.257 e. The summed E-state index contributed by atoms with van der Waals surface area (Å²) in [5.41, 5.74) is 0.717. The predicted octanol–water partition coefficient (Wildman–Crippen LogP) is 2.61. The van der Waals surface area contributed by atoms with E-state index in [0.717, 1.165) is 36.6 Å². The van der Waals surface area contributed by atoms with Crippen molar-refractivity contribution in [2.75, 3.05) is 4.90 Å². The first kappa shape index (κ1) is 18.9. The van der Waals surface area contributed by atoms with Crippen molar-refractivity contribution in [1.29, 1.82) is 0 Å². The molecule has 0 N–H and O–H groups in total. The molecule has 162 valence electrons. The number of fused-ring (bicyclic) bond motifs is 3. The van der Waals surface area contributed by atoms with E-state index in [2.05, 4.69) is 32.0 Å². The summed E-state index contributed by atoms with van der Waals surface area (Å²) in [5.74, 6) is 2.74. The third kappa shape index (κ3) is 2.79. The van der Waals surface area contributed by atoms with Gasteiger partial charge in [-0.05, 0) is 25.3 Å². The molecule has 6 rings (SSSR count). The van der Waals surface area contributed by atoms with Crippen molar-refractivity contribution in [2.24, 2.45) is 0 Å². The average molecular weight is 429 g/mol. The maximum absolute atomic E-state index is 12.4. The molecule has 32 heavy (non-hydrogen) atoms. The Labute approximate surface area is 184 Å². The minimum atomic E-state index is -0.161. The van der Waals surface area contributed by atoms with Gasteiger partial charge in [-0.15, -0.1) is 10.2 Å². The number of imidazole rings is 1. The molecule has 1 saturated carbocycles. The lowest BCUT2D eigenvalue weighted by Crippen LogP contribution is -2.42. The van der Waals surface area contributed by atoms with Gasteiger partial charge in [-0.3, -0.25) is 18.5 Å². The molecule has 0 radical (unpaired) electrons. The summed E-state index contributed by atoms with van der Waals surface area (Å²) in [4.78, 5) is 28.9. The van der Waals surface area contributed by atoms with Crippen molar-refractivity contribution in [3.05, 3.63) is 65.5 Å². The molecular formula is C22H23N9O. The SMILES string of the molecule is CCC1c2nncn2-c2cnc(-n3ccnc3-n3ccccc3=O)nc2N1C1CCCC1. The molecule has 1 unspecified atom stereocenters. The largest absolute Gasteiger partial charge is 0.341 e. The van der Waals surface area contributed by atoms with Gasteiger partial charge < -0.3 is 4.90 Å². The highest BCUT2D eigenvalue weighted by atomic mass is 16.1. The van der Waals surface area contributed by atoms with Crippen LogP contribution in [0.2, 0.25) is 0 Å². The summed E-state index contributed by atoms with van der Waals surface area (Å²) in [7, 11) is 0. The van der Waals surface area contributed by atoms with E-state index < -0.39 is 0 Å². The van der Waals surface area contributed by atoms with E-state index in [9.17, 15) is 4.79 Å². The van der Waals surface area contributed by atoms with Crippen molar-refractivity contribution < 1.29 is 0 Å². The lowest BCUT2D eigenvalue weighted by molar-refractivity contribution is 0.468. The first-order valence-corrected chi connectivity index (χ1v) is 11.0. The summed E-state index contributed by atoms with van der Waals surface area (Å²) in [6.45, 7) is 2.18. The highest BCUT2D eigenvalue weighted by molar-refractivity contribution is 5.62. The van der Waals surface area contributed by atoms with Crippen LogP contribution in [0.5, 0.6) is 0 Å². The molecule has 0 amide bonds. The first-order chi connectivity index (χ1) is 15.8. The van der Waals surface area contributed by atoms with Crippen LogP contribution in [0, 0.1) is 0 Å². The van der Waals surface area contributed by atoms with Crippen LogP contribution in [0.25, 0.3) is 17.6 Å². The van der Waals surface area contributed by atoms with E-state index >= 15 is 0 Å². The highest BCUT2D eigenvalue weighted by Gasteiger charge is 2.38. The first-order valence-electron chi connectivity index (χ1n) is 11.0. The topological polar surface area (TPSA) is 99.5 Å². The fourth-order valence-corrected chi connectivity index (χ4v) is 4.97. The number of rotatable bonds is 4. The van der Waals surface area contributed by atoms with Gasteiger partial charge in [-0.2, -0.15) is 4.98 Å². The number of aromatic nitrogens is 8. The second-order valence-electron chi connectivity index (χ2n) is 8.21. The summed E-state index contributed by atoms with van der Waals surface area (Å²) in [5, 5.41) is 8.60. The summed E-state index contributed by atoms with van der Waals surface area (Å²) in [6.07, 6.45) is 14.3. The van der Waals surface area contributed by atoms with Gasteiger partial charge in [0.2, 0.25) is 11.9 Å². The molecule has 4 aromatic rings. The quantitative estimate of drug-likeness (QED) is 0.492. The predicted molar refractivity (Wildman–Crippen MR) is 117 cm³/mol. The molecular weight excluding hydrogens is 406 g/mol. The van der Waals surface area contributed by atoms with Gasteiger partial charge in [0.1, 0.15) is 12.0 Å². The molecule has 0 spiro atoms. The van der Waals surface area contributed by atoms with Crippen LogP contribution in [0.4, 0.5) is 5.82 Å². The van der Waals surface area contributed by atoms with Crippen molar-refractivity contribution in [2.45, 2.75) is 51.1 Å². The van der Waals surface area contributed by atoms with Crippen LogP contribution in [0.1, 0.15) is 50.9 Å². The van der Waals surface area contributed by atoms with Crippen molar-refractivity contribution in [3.63, 3.8) is 0 Å². The Morgan fingerprint density at radius 2 is 1.94 bits per heavy atom. The Morgan fingerprint density at radius 3 is 2.75 bits per heavy atom. The van der Waals surface area contributed by atoms with Gasteiger partial charge in [0.25, 0.3) is 5.56 Å². The number of anilines is 1. The van der Waals surface area contributed by atoms with Gasteiger partial charge in [-0.1, -0.05) is 25.8 Å². The summed E-state index contributed by atoms with van der Waals surface area (Å²) >= 11 is 0. The van der Waals surface area contributed by atoms with Gasteiger partial charge >= 0.3 is 0 Å². The molecule has 0 bridgehead atoms. The van der Waals surface area contributed by atoms with E-state index in [4.69, 9.17) is 4.98 Å². The Kier molecular flexibility index (Phi) is 4.37. The van der Waals surface area contributed by atoms with Crippen molar-refractivity contribution >= 4 is 5.82 Å². The van der Waals surface area contributed by atoms with E-state index in [-0.39, 0.29) is 11.6 Å². The Bertz CT molecular complexity index is 1330.